The maximum absolute atomic E-state index is 13.2. The standard InChI is InChI=1S/C19H23F3N6OS/c1-3-7-27(8-4-2)28-14(10-17(26-28)19(20,21)22)11-23-18(29)25-13-5-6-15-16(9-13)30-12-24-15/h5-6,9-10,12H,3-4,7-8,11H2,1-2H3,(H2,23,25,29). The summed E-state index contributed by atoms with van der Waals surface area (Å²) in [7, 11) is 0. The number of hydrogen-bond donors (Lipinski definition) is 2. The van der Waals surface area contributed by atoms with Crippen LogP contribution in [0.25, 0.3) is 10.2 Å². The number of carbonyl (C=O) groups is 1. The van der Waals surface area contributed by atoms with Crippen molar-refractivity contribution >= 4 is 33.3 Å². The normalized spacial score (nSPS) is 11.6. The summed E-state index contributed by atoms with van der Waals surface area (Å²) < 4.78 is 40.5. The molecule has 2 amide bonds. The first-order chi connectivity index (χ1) is 14.3. The van der Waals surface area contributed by atoms with Crippen molar-refractivity contribution in [2.24, 2.45) is 0 Å². The van der Waals surface area contributed by atoms with E-state index in [1.54, 1.807) is 28.7 Å². The second-order valence-corrected chi connectivity index (χ2v) is 7.59. The van der Waals surface area contributed by atoms with E-state index in [1.165, 1.54) is 16.1 Å². The van der Waals surface area contributed by atoms with Crippen LogP contribution in [0.2, 0.25) is 0 Å². The third-order valence-corrected chi connectivity index (χ3v) is 5.10. The maximum atomic E-state index is 13.2. The van der Waals surface area contributed by atoms with Crippen LogP contribution in [0.3, 0.4) is 0 Å². The molecule has 3 aromatic rings. The number of nitrogens with zero attached hydrogens (tertiary/aromatic N) is 4. The second kappa shape index (κ2) is 9.33. The van der Waals surface area contributed by atoms with Gasteiger partial charge in [0.2, 0.25) is 0 Å². The van der Waals surface area contributed by atoms with Gasteiger partial charge in [-0.2, -0.15) is 18.0 Å². The number of aromatic nitrogens is 3. The van der Waals surface area contributed by atoms with Crippen LogP contribution < -0.4 is 15.6 Å². The van der Waals surface area contributed by atoms with E-state index in [9.17, 15) is 18.0 Å². The Balaban J connectivity index is 1.73. The fraction of sp³-hybridized carbons (Fsp3) is 0.421. The molecule has 2 aromatic heterocycles. The topological polar surface area (TPSA) is 75.1 Å². The van der Waals surface area contributed by atoms with Crippen molar-refractivity contribution in [3.05, 3.63) is 41.2 Å². The van der Waals surface area contributed by atoms with Crippen molar-refractivity contribution < 1.29 is 18.0 Å². The smallest absolute Gasteiger partial charge is 0.332 e. The molecule has 1 aromatic carbocycles. The van der Waals surface area contributed by atoms with E-state index in [1.807, 2.05) is 13.8 Å². The first-order valence-corrected chi connectivity index (χ1v) is 10.5. The summed E-state index contributed by atoms with van der Waals surface area (Å²) in [4.78, 5) is 17.7. The van der Waals surface area contributed by atoms with Crippen LogP contribution in [0.1, 0.15) is 38.1 Å². The van der Waals surface area contributed by atoms with E-state index < -0.39 is 17.9 Å². The minimum atomic E-state index is -4.56. The van der Waals surface area contributed by atoms with E-state index in [4.69, 9.17) is 0 Å². The van der Waals surface area contributed by atoms with Gasteiger partial charge in [0, 0.05) is 18.8 Å². The van der Waals surface area contributed by atoms with Crippen LogP contribution >= 0.6 is 11.3 Å². The lowest BCUT2D eigenvalue weighted by atomic mass is 10.3. The fourth-order valence-corrected chi connectivity index (χ4v) is 3.73. The molecule has 30 heavy (non-hydrogen) atoms. The lowest BCUT2D eigenvalue weighted by Crippen LogP contribution is -2.40. The van der Waals surface area contributed by atoms with Gasteiger partial charge in [-0.15, -0.1) is 16.4 Å². The number of rotatable bonds is 8. The molecule has 2 N–H and O–H groups in total. The molecule has 0 aliphatic rings. The van der Waals surface area contributed by atoms with Gasteiger partial charge in [-0.25, -0.2) is 9.78 Å². The van der Waals surface area contributed by atoms with Gasteiger partial charge in [0.15, 0.2) is 5.69 Å². The summed E-state index contributed by atoms with van der Waals surface area (Å²) >= 11 is 1.45. The minimum Gasteiger partial charge on any atom is -0.332 e. The van der Waals surface area contributed by atoms with Crippen LogP contribution in [-0.4, -0.2) is 34.0 Å². The van der Waals surface area contributed by atoms with E-state index in [0.29, 0.717) is 18.8 Å². The molecule has 0 bridgehead atoms. The highest BCUT2D eigenvalue weighted by molar-refractivity contribution is 7.16. The number of alkyl halides is 3. The number of amides is 2. The van der Waals surface area contributed by atoms with Crippen molar-refractivity contribution in [3.63, 3.8) is 0 Å². The SMILES string of the molecule is CCCN(CCC)n1nc(C(F)(F)F)cc1CNC(=O)Nc1ccc2ncsc2c1. The molecule has 0 aliphatic heterocycles. The van der Waals surface area contributed by atoms with E-state index >= 15 is 0 Å². The third-order valence-electron chi connectivity index (χ3n) is 4.30. The molecule has 3 rings (SSSR count). The zero-order valence-corrected chi connectivity index (χ0v) is 17.5. The van der Waals surface area contributed by atoms with Crippen LogP contribution in [0.4, 0.5) is 23.7 Å². The van der Waals surface area contributed by atoms with Crippen molar-refractivity contribution in [2.75, 3.05) is 23.4 Å². The third kappa shape index (κ3) is 5.21. The number of fused-ring (bicyclic) bond motifs is 1. The van der Waals surface area contributed by atoms with Gasteiger partial charge < -0.3 is 10.6 Å². The number of benzene rings is 1. The summed E-state index contributed by atoms with van der Waals surface area (Å²) in [6, 6.07) is 5.76. The predicted octanol–water partition coefficient (Wildman–Crippen LogP) is 4.59. The molecule has 0 saturated heterocycles. The van der Waals surface area contributed by atoms with Gasteiger partial charge in [0.1, 0.15) is 0 Å². The monoisotopic (exact) mass is 440 g/mol. The van der Waals surface area contributed by atoms with Crippen molar-refractivity contribution in [3.8, 4) is 0 Å². The number of halogens is 3. The number of thiazole rings is 1. The molecule has 0 aliphatic carbocycles. The molecule has 162 valence electrons. The van der Waals surface area contributed by atoms with Crippen LogP contribution in [-0.2, 0) is 12.7 Å². The first-order valence-electron chi connectivity index (χ1n) is 9.61. The highest BCUT2D eigenvalue weighted by Gasteiger charge is 2.35. The maximum Gasteiger partial charge on any atom is 0.435 e. The molecule has 0 atom stereocenters. The minimum absolute atomic E-state index is 0.0956. The van der Waals surface area contributed by atoms with Crippen LogP contribution in [0.5, 0.6) is 0 Å². The number of anilines is 1. The van der Waals surface area contributed by atoms with Gasteiger partial charge in [-0.05, 0) is 37.1 Å². The molecule has 11 heteroatoms. The van der Waals surface area contributed by atoms with Gasteiger partial charge in [-0.3, -0.25) is 5.01 Å². The number of carbonyl (C=O) groups excluding carboxylic acids is 1. The highest BCUT2D eigenvalue weighted by atomic mass is 32.1. The molecule has 0 fully saturated rings. The molecule has 0 spiro atoms. The zero-order chi connectivity index (χ0) is 21.7. The Morgan fingerprint density at radius 1 is 1.20 bits per heavy atom. The average molecular weight is 440 g/mol. The van der Waals surface area contributed by atoms with Crippen molar-refractivity contribution in [1.29, 1.82) is 0 Å². The number of nitrogens with one attached hydrogen (secondary N) is 2. The Bertz CT molecular complexity index is 994. The quantitative estimate of drug-likeness (QED) is 0.537. The van der Waals surface area contributed by atoms with Crippen LogP contribution in [0.15, 0.2) is 29.8 Å². The molecular formula is C19H23F3N6OS. The van der Waals surface area contributed by atoms with Gasteiger partial charge in [-0.1, -0.05) is 13.8 Å². The summed E-state index contributed by atoms with van der Waals surface area (Å²) in [6.07, 6.45) is -3.04. The molecule has 0 saturated carbocycles. The zero-order valence-electron chi connectivity index (χ0n) is 16.7. The second-order valence-electron chi connectivity index (χ2n) is 6.70. The Morgan fingerprint density at radius 2 is 1.93 bits per heavy atom. The summed E-state index contributed by atoms with van der Waals surface area (Å²) in [6.45, 7) is 4.91. The largest absolute Gasteiger partial charge is 0.435 e. The van der Waals surface area contributed by atoms with Crippen molar-refractivity contribution in [2.45, 2.75) is 39.4 Å². The van der Waals surface area contributed by atoms with Crippen LogP contribution in [0, 0.1) is 0 Å². The van der Waals surface area contributed by atoms with Gasteiger partial charge >= 0.3 is 12.2 Å². The highest BCUT2D eigenvalue weighted by Crippen LogP contribution is 2.29. The lowest BCUT2D eigenvalue weighted by molar-refractivity contribution is -0.141. The Morgan fingerprint density at radius 3 is 2.60 bits per heavy atom. The molecular weight excluding hydrogens is 417 g/mol. The average Bonchev–Trinajstić information content (AvgIpc) is 3.32. The molecule has 7 nitrogen and oxygen atoms in total. The fourth-order valence-electron chi connectivity index (χ4n) is 3.01. The Hall–Kier alpha value is -2.82. The Kier molecular flexibility index (Phi) is 6.80. The number of hydrogen-bond acceptors (Lipinski definition) is 5. The summed E-state index contributed by atoms with van der Waals surface area (Å²) in [5, 5.41) is 10.8. The number of urea groups is 1. The van der Waals surface area contributed by atoms with Crippen molar-refractivity contribution in [1.82, 2.24) is 20.2 Å². The summed E-state index contributed by atoms with van der Waals surface area (Å²) in [5.41, 5.74) is 2.41. The van der Waals surface area contributed by atoms with E-state index in [0.717, 1.165) is 29.1 Å². The lowest BCUT2D eigenvalue weighted by Gasteiger charge is -2.25. The molecule has 2 heterocycles. The summed E-state index contributed by atoms with van der Waals surface area (Å²) in [5.74, 6) is 0. The first kappa shape index (κ1) is 21.9. The molecule has 0 radical (unpaired) electrons. The van der Waals surface area contributed by atoms with Gasteiger partial charge in [0.05, 0.1) is 28.0 Å². The predicted molar refractivity (Wildman–Crippen MR) is 111 cm³/mol. The van der Waals surface area contributed by atoms with E-state index in [2.05, 4.69) is 20.7 Å². The Labute approximate surface area is 175 Å². The van der Waals surface area contributed by atoms with E-state index in [-0.39, 0.29) is 12.2 Å². The molecule has 0 unspecified atom stereocenters. The van der Waals surface area contributed by atoms with Gasteiger partial charge in [0.25, 0.3) is 0 Å².